The lowest BCUT2D eigenvalue weighted by Gasteiger charge is -2.02. The molecule has 3 aromatic rings. The van der Waals surface area contributed by atoms with Crippen LogP contribution in [0.1, 0.15) is 5.69 Å². The van der Waals surface area contributed by atoms with Crippen LogP contribution in [-0.4, -0.2) is 21.4 Å². The molecule has 3 rings (SSSR count). The lowest BCUT2D eigenvalue weighted by molar-refractivity contribution is 0.765. The molecule has 0 aromatic carbocycles. The molecule has 6 heteroatoms. The van der Waals surface area contributed by atoms with Gasteiger partial charge in [0.15, 0.2) is 4.96 Å². The Morgan fingerprint density at radius 1 is 1.44 bits per heavy atom. The van der Waals surface area contributed by atoms with E-state index in [9.17, 15) is 0 Å². The molecule has 0 amide bonds. The number of nitrogens with zero attached hydrogens (tertiary/aromatic N) is 3. The summed E-state index contributed by atoms with van der Waals surface area (Å²) in [4.78, 5) is 10.0. The highest BCUT2D eigenvalue weighted by Gasteiger charge is 2.13. The number of pyridine rings is 1. The summed E-state index contributed by atoms with van der Waals surface area (Å²) in [5.41, 5.74) is 1.18. The number of fused-ring (bicyclic) bond motifs is 1. The highest BCUT2D eigenvalue weighted by molar-refractivity contribution is 7.99. The first-order valence-electron chi connectivity index (χ1n) is 5.56. The van der Waals surface area contributed by atoms with E-state index in [4.69, 9.17) is 0 Å². The van der Waals surface area contributed by atoms with Gasteiger partial charge in [-0.25, -0.2) is 9.97 Å². The SMILES string of the molecule is CNCc1c(Sc2ccccn2)nc2sccn12. The molecule has 3 aromatic heterocycles. The summed E-state index contributed by atoms with van der Waals surface area (Å²) in [5.74, 6) is 0. The zero-order chi connectivity index (χ0) is 12.4. The molecule has 0 atom stereocenters. The molecule has 0 saturated carbocycles. The number of thiazole rings is 1. The van der Waals surface area contributed by atoms with Crippen molar-refractivity contribution in [3.63, 3.8) is 0 Å². The monoisotopic (exact) mass is 276 g/mol. The van der Waals surface area contributed by atoms with E-state index in [1.165, 1.54) is 5.69 Å². The first-order valence-corrected chi connectivity index (χ1v) is 7.26. The average molecular weight is 276 g/mol. The van der Waals surface area contributed by atoms with E-state index in [-0.39, 0.29) is 0 Å². The third kappa shape index (κ3) is 2.14. The van der Waals surface area contributed by atoms with Gasteiger partial charge in [0.1, 0.15) is 10.1 Å². The summed E-state index contributed by atoms with van der Waals surface area (Å²) < 4.78 is 2.13. The van der Waals surface area contributed by atoms with Crippen molar-refractivity contribution in [2.75, 3.05) is 7.05 Å². The Morgan fingerprint density at radius 2 is 2.39 bits per heavy atom. The number of nitrogens with one attached hydrogen (secondary N) is 1. The predicted octanol–water partition coefficient (Wildman–Crippen LogP) is 2.66. The van der Waals surface area contributed by atoms with Crippen LogP contribution in [-0.2, 0) is 6.54 Å². The van der Waals surface area contributed by atoms with Gasteiger partial charge in [0.25, 0.3) is 0 Å². The van der Waals surface area contributed by atoms with Gasteiger partial charge in [0.2, 0.25) is 0 Å². The largest absolute Gasteiger partial charge is 0.314 e. The maximum Gasteiger partial charge on any atom is 0.194 e. The Bertz CT molecular complexity index is 644. The van der Waals surface area contributed by atoms with Crippen LogP contribution in [0.3, 0.4) is 0 Å². The normalized spacial score (nSPS) is 11.2. The minimum Gasteiger partial charge on any atom is -0.314 e. The van der Waals surface area contributed by atoms with E-state index in [0.29, 0.717) is 0 Å². The minimum absolute atomic E-state index is 0.799. The first-order chi connectivity index (χ1) is 8.88. The molecule has 0 fully saturated rings. The molecule has 0 aliphatic heterocycles. The third-order valence-corrected chi connectivity index (χ3v) is 4.24. The molecule has 1 N–H and O–H groups in total. The Balaban J connectivity index is 2.00. The lowest BCUT2D eigenvalue weighted by atomic mass is 10.5. The zero-order valence-corrected chi connectivity index (χ0v) is 11.5. The summed E-state index contributed by atoms with van der Waals surface area (Å²) in [7, 11) is 1.95. The van der Waals surface area contributed by atoms with Gasteiger partial charge in [0.05, 0.1) is 5.69 Å². The minimum atomic E-state index is 0.799. The van der Waals surface area contributed by atoms with Crippen molar-refractivity contribution < 1.29 is 0 Å². The van der Waals surface area contributed by atoms with Gasteiger partial charge in [-0.2, -0.15) is 0 Å². The van der Waals surface area contributed by atoms with Crippen LogP contribution in [0.15, 0.2) is 46.0 Å². The van der Waals surface area contributed by atoms with Gasteiger partial charge in [-0.1, -0.05) is 6.07 Å². The molecule has 0 unspecified atom stereocenters. The zero-order valence-electron chi connectivity index (χ0n) is 9.83. The molecule has 0 bridgehead atoms. The number of hydrogen-bond acceptors (Lipinski definition) is 5. The quantitative estimate of drug-likeness (QED) is 0.795. The molecule has 0 spiro atoms. The van der Waals surface area contributed by atoms with Crippen molar-refractivity contribution in [1.82, 2.24) is 19.7 Å². The number of aromatic nitrogens is 3. The van der Waals surface area contributed by atoms with Crippen molar-refractivity contribution in [3.05, 3.63) is 41.7 Å². The Labute approximate surface area is 113 Å². The van der Waals surface area contributed by atoms with Crippen LogP contribution in [0.4, 0.5) is 0 Å². The smallest absolute Gasteiger partial charge is 0.194 e. The predicted molar refractivity (Wildman–Crippen MR) is 74.2 cm³/mol. The first kappa shape index (κ1) is 11.7. The van der Waals surface area contributed by atoms with Gasteiger partial charge in [0, 0.05) is 24.3 Å². The Morgan fingerprint density at radius 3 is 3.17 bits per heavy atom. The van der Waals surface area contributed by atoms with E-state index in [0.717, 1.165) is 21.6 Å². The van der Waals surface area contributed by atoms with Gasteiger partial charge in [-0.05, 0) is 30.9 Å². The molecule has 3 heterocycles. The van der Waals surface area contributed by atoms with Crippen molar-refractivity contribution in [2.45, 2.75) is 16.6 Å². The molecule has 0 aliphatic carbocycles. The standard InChI is InChI=1S/C12H12N4S2/c1-13-8-9-11(15-12-16(9)6-7-17-12)18-10-4-2-3-5-14-10/h2-7,13H,8H2,1H3. The second-order valence-corrected chi connectivity index (χ2v) is 5.60. The molecule has 18 heavy (non-hydrogen) atoms. The van der Waals surface area contributed by atoms with E-state index < -0.39 is 0 Å². The molecule has 0 saturated heterocycles. The van der Waals surface area contributed by atoms with E-state index >= 15 is 0 Å². The van der Waals surface area contributed by atoms with Gasteiger partial charge < -0.3 is 5.32 Å². The van der Waals surface area contributed by atoms with Gasteiger partial charge in [-0.3, -0.25) is 4.40 Å². The fourth-order valence-corrected chi connectivity index (χ4v) is 3.40. The van der Waals surface area contributed by atoms with Crippen LogP contribution >= 0.6 is 23.1 Å². The number of hydrogen-bond donors (Lipinski definition) is 1. The number of rotatable bonds is 4. The van der Waals surface area contributed by atoms with E-state index in [1.54, 1.807) is 29.3 Å². The summed E-state index contributed by atoms with van der Waals surface area (Å²) in [5, 5.41) is 7.24. The summed E-state index contributed by atoms with van der Waals surface area (Å²) >= 11 is 3.26. The summed E-state index contributed by atoms with van der Waals surface area (Å²) in [6.07, 6.45) is 3.86. The lowest BCUT2D eigenvalue weighted by Crippen LogP contribution is -2.08. The molecule has 4 nitrogen and oxygen atoms in total. The second-order valence-electron chi connectivity index (χ2n) is 3.72. The maximum absolute atomic E-state index is 4.65. The Hall–Kier alpha value is -1.37. The molecular weight excluding hydrogens is 264 g/mol. The van der Waals surface area contributed by atoms with Gasteiger partial charge >= 0.3 is 0 Å². The summed E-state index contributed by atoms with van der Waals surface area (Å²) in [6, 6.07) is 5.91. The molecule has 0 aliphatic rings. The topological polar surface area (TPSA) is 42.2 Å². The van der Waals surface area contributed by atoms with Gasteiger partial charge in [-0.15, -0.1) is 11.3 Å². The molecule has 92 valence electrons. The van der Waals surface area contributed by atoms with Crippen LogP contribution in [0, 0.1) is 0 Å². The van der Waals surface area contributed by atoms with Crippen molar-refractivity contribution in [1.29, 1.82) is 0 Å². The third-order valence-electron chi connectivity index (χ3n) is 2.51. The van der Waals surface area contributed by atoms with Crippen LogP contribution in [0.2, 0.25) is 0 Å². The highest BCUT2D eigenvalue weighted by atomic mass is 32.2. The maximum atomic E-state index is 4.65. The van der Waals surface area contributed by atoms with Crippen molar-refractivity contribution >= 4 is 28.1 Å². The summed E-state index contributed by atoms with van der Waals surface area (Å²) in [6.45, 7) is 0.799. The average Bonchev–Trinajstić information content (AvgIpc) is 2.95. The molecular formula is C12H12N4S2. The van der Waals surface area contributed by atoms with Crippen LogP contribution in [0.25, 0.3) is 4.96 Å². The van der Waals surface area contributed by atoms with Crippen molar-refractivity contribution in [3.8, 4) is 0 Å². The fourth-order valence-electron chi connectivity index (χ4n) is 1.73. The Kier molecular flexibility index (Phi) is 3.31. The number of imidazole rings is 1. The second kappa shape index (κ2) is 5.09. The van der Waals surface area contributed by atoms with E-state index in [2.05, 4.69) is 31.3 Å². The fraction of sp³-hybridized carbons (Fsp3) is 0.167. The van der Waals surface area contributed by atoms with Crippen LogP contribution < -0.4 is 5.32 Å². The highest BCUT2D eigenvalue weighted by Crippen LogP contribution is 2.30. The van der Waals surface area contributed by atoms with E-state index in [1.807, 2.05) is 25.2 Å². The molecule has 0 radical (unpaired) electrons. The van der Waals surface area contributed by atoms with Crippen molar-refractivity contribution in [2.24, 2.45) is 0 Å². The van der Waals surface area contributed by atoms with Crippen LogP contribution in [0.5, 0.6) is 0 Å².